The van der Waals surface area contributed by atoms with Crippen LogP contribution in [0.3, 0.4) is 0 Å². The Hall–Kier alpha value is -1.02. The predicted octanol–water partition coefficient (Wildman–Crippen LogP) is 3.63. The SMILES string of the molecule is CCC(CC)N(C)Cc1cc(C)c(O)c(C)c1. The van der Waals surface area contributed by atoms with Gasteiger partial charge in [0.15, 0.2) is 0 Å². The number of nitrogens with zero attached hydrogens (tertiary/aromatic N) is 1. The minimum absolute atomic E-state index is 0.430. The molecule has 1 N–H and O–H groups in total. The molecule has 0 aliphatic carbocycles. The van der Waals surface area contributed by atoms with Crippen molar-refractivity contribution in [3.8, 4) is 5.75 Å². The normalized spacial score (nSPS) is 11.5. The van der Waals surface area contributed by atoms with E-state index < -0.39 is 0 Å². The molecule has 0 heterocycles. The number of hydrogen-bond donors (Lipinski definition) is 1. The zero-order valence-corrected chi connectivity index (χ0v) is 11.7. The van der Waals surface area contributed by atoms with Crippen LogP contribution in [0.4, 0.5) is 0 Å². The van der Waals surface area contributed by atoms with Gasteiger partial charge in [0, 0.05) is 12.6 Å². The van der Waals surface area contributed by atoms with E-state index >= 15 is 0 Å². The summed E-state index contributed by atoms with van der Waals surface area (Å²) >= 11 is 0. The van der Waals surface area contributed by atoms with E-state index in [0.29, 0.717) is 11.8 Å². The summed E-state index contributed by atoms with van der Waals surface area (Å²) in [7, 11) is 2.18. The number of benzene rings is 1. The minimum atomic E-state index is 0.430. The van der Waals surface area contributed by atoms with E-state index in [2.05, 4.69) is 37.9 Å². The molecular weight excluding hydrogens is 210 g/mol. The molecule has 0 radical (unpaired) electrons. The van der Waals surface area contributed by atoms with E-state index in [1.54, 1.807) is 0 Å². The van der Waals surface area contributed by atoms with Crippen LogP contribution in [0.15, 0.2) is 12.1 Å². The first-order valence-corrected chi connectivity index (χ1v) is 6.48. The van der Waals surface area contributed by atoms with E-state index in [1.165, 1.54) is 18.4 Å². The number of hydrogen-bond acceptors (Lipinski definition) is 2. The Morgan fingerprint density at radius 1 is 1.12 bits per heavy atom. The zero-order valence-electron chi connectivity index (χ0n) is 11.7. The summed E-state index contributed by atoms with van der Waals surface area (Å²) in [6, 6.07) is 4.81. The van der Waals surface area contributed by atoms with Gasteiger partial charge in [-0.3, -0.25) is 4.90 Å². The van der Waals surface area contributed by atoms with Crippen LogP contribution >= 0.6 is 0 Å². The van der Waals surface area contributed by atoms with Gasteiger partial charge in [-0.05, 0) is 50.4 Å². The minimum Gasteiger partial charge on any atom is -0.507 e. The van der Waals surface area contributed by atoms with Crippen molar-refractivity contribution in [3.05, 3.63) is 28.8 Å². The molecule has 0 aromatic heterocycles. The molecule has 0 aliphatic heterocycles. The summed E-state index contributed by atoms with van der Waals surface area (Å²) < 4.78 is 0. The first-order valence-electron chi connectivity index (χ1n) is 6.48. The van der Waals surface area contributed by atoms with Crippen LogP contribution in [0.2, 0.25) is 0 Å². The van der Waals surface area contributed by atoms with E-state index in [9.17, 15) is 5.11 Å². The predicted molar refractivity (Wildman–Crippen MR) is 73.4 cm³/mol. The lowest BCUT2D eigenvalue weighted by Gasteiger charge is -2.26. The van der Waals surface area contributed by atoms with Gasteiger partial charge in [-0.2, -0.15) is 0 Å². The van der Waals surface area contributed by atoms with E-state index in [4.69, 9.17) is 0 Å². The fraction of sp³-hybridized carbons (Fsp3) is 0.600. The highest BCUT2D eigenvalue weighted by Gasteiger charge is 2.12. The lowest BCUT2D eigenvalue weighted by molar-refractivity contribution is 0.221. The molecule has 0 amide bonds. The van der Waals surface area contributed by atoms with Gasteiger partial charge >= 0.3 is 0 Å². The third kappa shape index (κ3) is 3.47. The Morgan fingerprint density at radius 3 is 2.00 bits per heavy atom. The molecule has 0 spiro atoms. The van der Waals surface area contributed by atoms with E-state index in [0.717, 1.165) is 17.7 Å². The van der Waals surface area contributed by atoms with Crippen LogP contribution in [0.5, 0.6) is 5.75 Å². The van der Waals surface area contributed by atoms with Crippen molar-refractivity contribution in [2.45, 2.75) is 53.1 Å². The highest BCUT2D eigenvalue weighted by atomic mass is 16.3. The first kappa shape index (κ1) is 14.0. The van der Waals surface area contributed by atoms with Crippen molar-refractivity contribution >= 4 is 0 Å². The number of rotatable bonds is 5. The molecule has 0 unspecified atom stereocenters. The molecular formula is C15H25NO. The second kappa shape index (κ2) is 6.06. The van der Waals surface area contributed by atoms with E-state index in [-0.39, 0.29) is 0 Å². The summed E-state index contributed by atoms with van der Waals surface area (Å²) in [5, 5.41) is 9.75. The highest BCUT2D eigenvalue weighted by molar-refractivity contribution is 5.42. The molecule has 17 heavy (non-hydrogen) atoms. The van der Waals surface area contributed by atoms with Gasteiger partial charge in [0.1, 0.15) is 5.75 Å². The topological polar surface area (TPSA) is 23.5 Å². The standard InChI is InChI=1S/C15H25NO/c1-6-14(7-2)16(5)10-13-8-11(3)15(17)12(4)9-13/h8-9,14,17H,6-7,10H2,1-5H3. The summed E-state index contributed by atoms with van der Waals surface area (Å²) in [4.78, 5) is 2.39. The lowest BCUT2D eigenvalue weighted by atomic mass is 10.0. The average Bonchev–Trinajstić information content (AvgIpc) is 2.27. The fourth-order valence-corrected chi connectivity index (χ4v) is 2.47. The summed E-state index contributed by atoms with van der Waals surface area (Å²) in [5.41, 5.74) is 3.23. The van der Waals surface area contributed by atoms with E-state index in [1.807, 2.05) is 13.8 Å². The van der Waals surface area contributed by atoms with Crippen molar-refractivity contribution < 1.29 is 5.11 Å². The largest absolute Gasteiger partial charge is 0.507 e. The molecule has 0 saturated carbocycles. The summed E-state index contributed by atoms with van der Waals surface area (Å²) in [5.74, 6) is 0.430. The number of phenolic OH excluding ortho intramolecular Hbond substituents is 1. The first-order chi connectivity index (χ1) is 7.99. The Bertz CT molecular complexity index is 346. The van der Waals surface area contributed by atoms with Gasteiger partial charge in [-0.1, -0.05) is 26.0 Å². The summed E-state index contributed by atoms with van der Waals surface area (Å²) in [6.07, 6.45) is 2.37. The second-order valence-electron chi connectivity index (χ2n) is 4.96. The van der Waals surface area contributed by atoms with Gasteiger partial charge in [0.2, 0.25) is 0 Å². The Balaban J connectivity index is 2.81. The smallest absolute Gasteiger partial charge is 0.121 e. The molecule has 2 nitrogen and oxygen atoms in total. The van der Waals surface area contributed by atoms with Crippen molar-refractivity contribution in [3.63, 3.8) is 0 Å². The number of aryl methyl sites for hydroxylation is 2. The van der Waals surface area contributed by atoms with Crippen LogP contribution in [-0.4, -0.2) is 23.1 Å². The van der Waals surface area contributed by atoms with Gasteiger partial charge in [0.05, 0.1) is 0 Å². The van der Waals surface area contributed by atoms with Gasteiger partial charge in [-0.15, -0.1) is 0 Å². The Morgan fingerprint density at radius 2 is 1.59 bits per heavy atom. The molecule has 1 aromatic rings. The molecule has 0 atom stereocenters. The molecule has 2 heteroatoms. The van der Waals surface area contributed by atoms with Crippen LogP contribution in [0, 0.1) is 13.8 Å². The van der Waals surface area contributed by atoms with Gasteiger partial charge < -0.3 is 5.11 Å². The zero-order chi connectivity index (χ0) is 13.0. The average molecular weight is 235 g/mol. The third-order valence-electron chi connectivity index (χ3n) is 3.55. The van der Waals surface area contributed by atoms with Crippen molar-refractivity contribution in [1.82, 2.24) is 4.90 Å². The highest BCUT2D eigenvalue weighted by Crippen LogP contribution is 2.24. The molecule has 0 aliphatic rings. The molecule has 0 saturated heterocycles. The molecule has 0 bridgehead atoms. The lowest BCUT2D eigenvalue weighted by Crippen LogP contribution is -2.30. The van der Waals surface area contributed by atoms with Gasteiger partial charge in [-0.25, -0.2) is 0 Å². The molecule has 1 rings (SSSR count). The summed E-state index contributed by atoms with van der Waals surface area (Å²) in [6.45, 7) is 9.34. The van der Waals surface area contributed by atoms with Crippen molar-refractivity contribution in [2.75, 3.05) is 7.05 Å². The number of aromatic hydroxyl groups is 1. The monoisotopic (exact) mass is 235 g/mol. The Kier molecular flexibility index (Phi) is 5.01. The Labute approximate surface area is 105 Å². The second-order valence-corrected chi connectivity index (χ2v) is 4.96. The quantitative estimate of drug-likeness (QED) is 0.842. The van der Waals surface area contributed by atoms with Gasteiger partial charge in [0.25, 0.3) is 0 Å². The van der Waals surface area contributed by atoms with Crippen molar-refractivity contribution in [1.29, 1.82) is 0 Å². The van der Waals surface area contributed by atoms with Crippen LogP contribution in [-0.2, 0) is 6.54 Å². The third-order valence-corrected chi connectivity index (χ3v) is 3.55. The maximum absolute atomic E-state index is 9.75. The number of phenols is 1. The molecule has 0 fully saturated rings. The van der Waals surface area contributed by atoms with Crippen LogP contribution in [0.25, 0.3) is 0 Å². The molecule has 1 aromatic carbocycles. The van der Waals surface area contributed by atoms with Crippen LogP contribution < -0.4 is 0 Å². The fourth-order valence-electron chi connectivity index (χ4n) is 2.47. The van der Waals surface area contributed by atoms with Crippen LogP contribution in [0.1, 0.15) is 43.4 Å². The molecule has 96 valence electrons. The maximum atomic E-state index is 9.75. The maximum Gasteiger partial charge on any atom is 0.121 e. The van der Waals surface area contributed by atoms with Crippen molar-refractivity contribution in [2.24, 2.45) is 0 Å².